The van der Waals surface area contributed by atoms with Crippen LogP contribution in [0.25, 0.3) is 0 Å². The van der Waals surface area contributed by atoms with Crippen molar-refractivity contribution >= 4 is 33.3 Å². The molecule has 1 aromatic carbocycles. The predicted molar refractivity (Wildman–Crippen MR) is 73.3 cm³/mol. The molecule has 0 atom stereocenters. The van der Waals surface area contributed by atoms with Crippen LogP contribution >= 0.6 is 15.9 Å². The van der Waals surface area contributed by atoms with Crippen LogP contribution in [0.15, 0.2) is 21.1 Å². The first-order valence-corrected chi connectivity index (χ1v) is 6.97. The minimum Gasteiger partial charge on any atom is -0.339 e. The Bertz CT molecular complexity index is 759. The molecule has 0 radical (unpaired) electrons. The molecule has 0 N–H and O–H groups in total. The lowest BCUT2D eigenvalue weighted by atomic mass is 10.1. The lowest BCUT2D eigenvalue weighted by molar-refractivity contribution is -0.114. The molecule has 1 aromatic heterocycles. The number of Topliss-reactive ketones (excluding diaryl/α,β-unsaturated/α-hetero) is 1. The predicted octanol–water partition coefficient (Wildman–Crippen LogP) is 2.26. The zero-order valence-electron chi connectivity index (χ0n) is 10.9. The van der Waals surface area contributed by atoms with Gasteiger partial charge in [-0.25, -0.2) is 4.39 Å². The minimum absolute atomic E-state index is 0.0395. The topological polar surface area (TPSA) is 76.3 Å². The molecule has 0 saturated carbocycles. The summed E-state index contributed by atoms with van der Waals surface area (Å²) in [5.74, 6) is -1.26. The number of halogens is 2. The van der Waals surface area contributed by atoms with Crippen LogP contribution in [-0.2, 0) is 17.8 Å². The third kappa shape index (κ3) is 2.25. The van der Waals surface area contributed by atoms with Crippen LogP contribution in [0.1, 0.15) is 29.0 Å². The number of carbonyl (C=O) groups excluding carboxylic acids is 2. The van der Waals surface area contributed by atoms with Gasteiger partial charge in [-0.3, -0.25) is 14.5 Å². The van der Waals surface area contributed by atoms with Crippen molar-refractivity contribution in [2.75, 3.05) is 4.90 Å². The fraction of sp³-hybridized carbons (Fsp3) is 0.231. The average Bonchev–Trinajstić information content (AvgIpc) is 3.01. The number of rotatable bonds is 3. The number of ketones is 1. The molecule has 2 aromatic rings. The van der Waals surface area contributed by atoms with E-state index in [4.69, 9.17) is 4.52 Å². The molecule has 3 rings (SSSR count). The SMILES string of the molecule is CCc1nc(CN2C(=O)C(=O)c3cc(Br)c(F)cc32)no1. The molecule has 21 heavy (non-hydrogen) atoms. The van der Waals surface area contributed by atoms with E-state index < -0.39 is 17.5 Å². The van der Waals surface area contributed by atoms with Gasteiger partial charge in [0.1, 0.15) is 5.82 Å². The molecule has 0 unspecified atom stereocenters. The third-order valence-electron chi connectivity index (χ3n) is 3.13. The van der Waals surface area contributed by atoms with E-state index in [1.54, 1.807) is 0 Å². The number of hydrogen-bond donors (Lipinski definition) is 0. The molecule has 1 aliphatic rings. The van der Waals surface area contributed by atoms with E-state index in [0.29, 0.717) is 12.3 Å². The molecular formula is C13H9BrFN3O3. The maximum Gasteiger partial charge on any atom is 0.299 e. The van der Waals surface area contributed by atoms with Crippen molar-refractivity contribution in [1.29, 1.82) is 0 Å². The van der Waals surface area contributed by atoms with Gasteiger partial charge in [0.2, 0.25) is 5.89 Å². The number of anilines is 1. The Morgan fingerprint density at radius 1 is 1.38 bits per heavy atom. The van der Waals surface area contributed by atoms with Gasteiger partial charge in [-0.15, -0.1) is 0 Å². The Morgan fingerprint density at radius 3 is 2.81 bits per heavy atom. The summed E-state index contributed by atoms with van der Waals surface area (Å²) in [6.45, 7) is 1.81. The Hall–Kier alpha value is -2.09. The lowest BCUT2D eigenvalue weighted by Gasteiger charge is -2.14. The highest BCUT2D eigenvalue weighted by Crippen LogP contribution is 2.33. The van der Waals surface area contributed by atoms with E-state index in [2.05, 4.69) is 26.1 Å². The molecule has 0 bridgehead atoms. The molecule has 0 fully saturated rings. The number of fused-ring (bicyclic) bond motifs is 1. The molecule has 2 heterocycles. The normalized spacial score (nSPS) is 14.0. The number of nitrogens with zero attached hydrogens (tertiary/aromatic N) is 3. The van der Waals surface area contributed by atoms with Crippen LogP contribution in [0.2, 0.25) is 0 Å². The Labute approximate surface area is 127 Å². The summed E-state index contributed by atoms with van der Waals surface area (Å²) < 4.78 is 18.7. The van der Waals surface area contributed by atoms with E-state index in [9.17, 15) is 14.0 Å². The first-order valence-electron chi connectivity index (χ1n) is 6.18. The van der Waals surface area contributed by atoms with E-state index in [-0.39, 0.29) is 28.1 Å². The number of aromatic nitrogens is 2. The Kier molecular flexibility index (Phi) is 3.32. The van der Waals surface area contributed by atoms with Gasteiger partial charge in [-0.05, 0) is 28.1 Å². The zero-order valence-corrected chi connectivity index (χ0v) is 12.5. The summed E-state index contributed by atoms with van der Waals surface area (Å²) in [6.07, 6.45) is 0.567. The number of amides is 1. The van der Waals surface area contributed by atoms with Crippen LogP contribution < -0.4 is 4.90 Å². The fourth-order valence-electron chi connectivity index (χ4n) is 2.09. The zero-order chi connectivity index (χ0) is 15.1. The van der Waals surface area contributed by atoms with Crippen molar-refractivity contribution in [2.24, 2.45) is 0 Å². The van der Waals surface area contributed by atoms with Gasteiger partial charge in [-0.2, -0.15) is 4.98 Å². The van der Waals surface area contributed by atoms with E-state index in [1.165, 1.54) is 6.07 Å². The van der Waals surface area contributed by atoms with Crippen molar-refractivity contribution in [3.05, 3.63) is 39.7 Å². The highest BCUT2D eigenvalue weighted by atomic mass is 79.9. The molecule has 8 heteroatoms. The van der Waals surface area contributed by atoms with Crippen LogP contribution in [0.4, 0.5) is 10.1 Å². The van der Waals surface area contributed by atoms with Crippen molar-refractivity contribution in [3.63, 3.8) is 0 Å². The minimum atomic E-state index is -0.731. The van der Waals surface area contributed by atoms with E-state index in [1.807, 2.05) is 6.92 Å². The second kappa shape index (κ2) is 5.03. The van der Waals surface area contributed by atoms with Gasteiger partial charge in [-0.1, -0.05) is 12.1 Å². The first-order chi connectivity index (χ1) is 10.0. The van der Waals surface area contributed by atoms with E-state index in [0.717, 1.165) is 11.0 Å². The Morgan fingerprint density at radius 2 is 2.14 bits per heavy atom. The van der Waals surface area contributed by atoms with Crippen molar-refractivity contribution in [3.8, 4) is 0 Å². The van der Waals surface area contributed by atoms with Crippen LogP contribution in [0.3, 0.4) is 0 Å². The molecule has 0 aliphatic carbocycles. The van der Waals surface area contributed by atoms with Gasteiger partial charge in [0, 0.05) is 6.42 Å². The summed E-state index contributed by atoms with van der Waals surface area (Å²) in [5, 5.41) is 3.73. The second-order valence-electron chi connectivity index (χ2n) is 4.46. The van der Waals surface area contributed by atoms with Crippen molar-refractivity contribution in [2.45, 2.75) is 19.9 Å². The molecular weight excluding hydrogens is 345 g/mol. The summed E-state index contributed by atoms with van der Waals surface area (Å²) >= 11 is 3.00. The molecule has 0 spiro atoms. The second-order valence-corrected chi connectivity index (χ2v) is 5.32. The highest BCUT2D eigenvalue weighted by Gasteiger charge is 2.37. The number of benzene rings is 1. The maximum absolute atomic E-state index is 13.7. The molecule has 1 aliphatic heterocycles. The summed E-state index contributed by atoms with van der Waals surface area (Å²) in [7, 11) is 0. The standard InChI is InChI=1S/C13H9BrFN3O3/c1-2-11-16-10(17-21-11)5-18-9-4-8(15)7(14)3-6(9)12(19)13(18)20/h3-4H,2,5H2,1H3. The maximum atomic E-state index is 13.7. The van der Waals surface area contributed by atoms with Gasteiger partial charge >= 0.3 is 0 Å². The molecule has 1 amide bonds. The fourth-order valence-corrected chi connectivity index (χ4v) is 2.43. The summed E-state index contributed by atoms with van der Waals surface area (Å²) in [4.78, 5) is 29.2. The quantitative estimate of drug-likeness (QED) is 0.791. The largest absolute Gasteiger partial charge is 0.339 e. The lowest BCUT2D eigenvalue weighted by Crippen LogP contribution is -2.29. The van der Waals surface area contributed by atoms with Crippen LogP contribution in [0.5, 0.6) is 0 Å². The Balaban J connectivity index is 1.99. The van der Waals surface area contributed by atoms with E-state index >= 15 is 0 Å². The van der Waals surface area contributed by atoms with Crippen LogP contribution in [-0.4, -0.2) is 21.8 Å². The summed E-state index contributed by atoms with van der Waals surface area (Å²) in [5.41, 5.74) is 0.376. The molecule has 108 valence electrons. The monoisotopic (exact) mass is 353 g/mol. The third-order valence-corrected chi connectivity index (χ3v) is 3.73. The summed E-state index contributed by atoms with van der Waals surface area (Å²) in [6, 6.07) is 2.45. The molecule has 6 nitrogen and oxygen atoms in total. The highest BCUT2D eigenvalue weighted by molar-refractivity contribution is 9.10. The smallest absolute Gasteiger partial charge is 0.299 e. The van der Waals surface area contributed by atoms with Crippen molar-refractivity contribution < 1.29 is 18.5 Å². The van der Waals surface area contributed by atoms with Gasteiger partial charge < -0.3 is 4.52 Å². The van der Waals surface area contributed by atoms with Gasteiger partial charge in [0.15, 0.2) is 5.82 Å². The van der Waals surface area contributed by atoms with Gasteiger partial charge in [0.05, 0.1) is 22.3 Å². The van der Waals surface area contributed by atoms with Crippen molar-refractivity contribution in [1.82, 2.24) is 10.1 Å². The first kappa shape index (κ1) is 13.9. The number of aryl methyl sites for hydroxylation is 1. The molecule has 0 saturated heterocycles. The average molecular weight is 354 g/mol. The number of hydrogen-bond acceptors (Lipinski definition) is 5. The number of carbonyl (C=O) groups is 2. The van der Waals surface area contributed by atoms with Gasteiger partial charge in [0.25, 0.3) is 11.7 Å². The van der Waals surface area contributed by atoms with Crippen LogP contribution in [0, 0.1) is 5.82 Å².